The Kier molecular flexibility index (Phi) is 5.30. The number of rotatable bonds is 4. The highest BCUT2D eigenvalue weighted by Gasteiger charge is 2.35. The fourth-order valence-electron chi connectivity index (χ4n) is 2.85. The molecular formula is C19H16Cl2N2O3. The zero-order valence-corrected chi connectivity index (χ0v) is 15.5. The van der Waals surface area contributed by atoms with Gasteiger partial charge < -0.3 is 10.2 Å². The Balaban J connectivity index is 1.74. The van der Waals surface area contributed by atoms with Crippen molar-refractivity contribution in [2.24, 2.45) is 5.92 Å². The summed E-state index contributed by atoms with van der Waals surface area (Å²) in [6, 6.07) is 11.6. The number of nitrogens with zero attached hydrogens (tertiary/aromatic N) is 1. The highest BCUT2D eigenvalue weighted by atomic mass is 35.5. The van der Waals surface area contributed by atoms with Gasteiger partial charge in [-0.25, -0.2) is 0 Å². The minimum absolute atomic E-state index is 0.0785. The van der Waals surface area contributed by atoms with Gasteiger partial charge in [0.1, 0.15) is 0 Å². The third kappa shape index (κ3) is 3.89. The van der Waals surface area contributed by atoms with Gasteiger partial charge in [0.2, 0.25) is 11.8 Å². The highest BCUT2D eigenvalue weighted by molar-refractivity contribution is 6.36. The molecule has 7 heteroatoms. The molecular weight excluding hydrogens is 375 g/mol. The van der Waals surface area contributed by atoms with Gasteiger partial charge in [0.15, 0.2) is 5.78 Å². The van der Waals surface area contributed by atoms with Crippen LogP contribution in [0.2, 0.25) is 10.0 Å². The lowest BCUT2D eigenvalue weighted by Crippen LogP contribution is -2.28. The van der Waals surface area contributed by atoms with E-state index in [1.54, 1.807) is 36.4 Å². The summed E-state index contributed by atoms with van der Waals surface area (Å²) in [5.74, 6) is -1.03. The summed E-state index contributed by atoms with van der Waals surface area (Å²) in [5.41, 5.74) is 1.59. The third-order valence-electron chi connectivity index (χ3n) is 4.25. The lowest BCUT2D eigenvalue weighted by molar-refractivity contribution is -0.122. The molecule has 1 heterocycles. The molecule has 1 saturated heterocycles. The van der Waals surface area contributed by atoms with Crippen LogP contribution in [0.5, 0.6) is 0 Å². The van der Waals surface area contributed by atoms with Crippen LogP contribution >= 0.6 is 23.2 Å². The first-order chi connectivity index (χ1) is 12.3. The Bertz CT molecular complexity index is 898. The first kappa shape index (κ1) is 18.4. The van der Waals surface area contributed by atoms with Crippen LogP contribution in [0.4, 0.5) is 11.4 Å². The minimum Gasteiger partial charge on any atom is -0.324 e. The van der Waals surface area contributed by atoms with Gasteiger partial charge in [-0.15, -0.1) is 0 Å². The fourth-order valence-corrected chi connectivity index (χ4v) is 3.31. The fraction of sp³-hybridized carbons (Fsp3) is 0.211. The van der Waals surface area contributed by atoms with Gasteiger partial charge in [0.05, 0.1) is 16.6 Å². The maximum Gasteiger partial charge on any atom is 0.229 e. The summed E-state index contributed by atoms with van der Waals surface area (Å²) in [7, 11) is 0. The van der Waals surface area contributed by atoms with Crippen LogP contribution in [0.15, 0.2) is 42.5 Å². The molecule has 1 N–H and O–H groups in total. The van der Waals surface area contributed by atoms with Crippen LogP contribution in [0.25, 0.3) is 0 Å². The zero-order valence-electron chi connectivity index (χ0n) is 14.0. The second-order valence-corrected chi connectivity index (χ2v) is 6.97. The summed E-state index contributed by atoms with van der Waals surface area (Å²) >= 11 is 11.9. The lowest BCUT2D eigenvalue weighted by Gasteiger charge is -2.17. The van der Waals surface area contributed by atoms with Gasteiger partial charge in [-0.2, -0.15) is 0 Å². The standard InChI is InChI=1S/C19H16Cl2N2O3/c1-11(24)12-3-2-4-15(7-12)23-10-13(8-18(23)25)19(26)22-17-6-5-14(20)9-16(17)21/h2-7,9,13H,8,10H2,1H3,(H,22,26). The second-order valence-electron chi connectivity index (χ2n) is 6.13. The molecule has 1 unspecified atom stereocenters. The Morgan fingerprint density at radius 3 is 2.62 bits per heavy atom. The van der Waals surface area contributed by atoms with E-state index in [0.29, 0.717) is 27.0 Å². The molecule has 1 fully saturated rings. The quantitative estimate of drug-likeness (QED) is 0.795. The number of carbonyl (C=O) groups is 3. The van der Waals surface area contributed by atoms with Crippen molar-refractivity contribution in [3.8, 4) is 0 Å². The Labute approximate surface area is 160 Å². The number of hydrogen-bond donors (Lipinski definition) is 1. The van der Waals surface area contributed by atoms with E-state index >= 15 is 0 Å². The number of benzene rings is 2. The predicted molar refractivity (Wildman–Crippen MR) is 102 cm³/mol. The molecule has 0 spiro atoms. The van der Waals surface area contributed by atoms with Crippen LogP contribution in [0, 0.1) is 5.92 Å². The van der Waals surface area contributed by atoms with E-state index in [4.69, 9.17) is 23.2 Å². The van der Waals surface area contributed by atoms with Crippen LogP contribution in [-0.2, 0) is 9.59 Å². The maximum absolute atomic E-state index is 12.5. The molecule has 5 nitrogen and oxygen atoms in total. The lowest BCUT2D eigenvalue weighted by atomic mass is 10.1. The third-order valence-corrected chi connectivity index (χ3v) is 4.80. The SMILES string of the molecule is CC(=O)c1cccc(N2CC(C(=O)Nc3ccc(Cl)cc3Cl)CC2=O)c1. The molecule has 134 valence electrons. The second kappa shape index (κ2) is 7.48. The number of amides is 2. The molecule has 0 saturated carbocycles. The Hall–Kier alpha value is -2.37. The average molecular weight is 391 g/mol. The summed E-state index contributed by atoms with van der Waals surface area (Å²) in [4.78, 5) is 37.9. The normalized spacial score (nSPS) is 16.7. The van der Waals surface area contributed by atoms with E-state index in [9.17, 15) is 14.4 Å². The number of anilines is 2. The van der Waals surface area contributed by atoms with Gasteiger partial charge in [-0.3, -0.25) is 14.4 Å². The highest BCUT2D eigenvalue weighted by Crippen LogP contribution is 2.29. The molecule has 0 radical (unpaired) electrons. The first-order valence-electron chi connectivity index (χ1n) is 8.02. The molecule has 2 aromatic rings. The topological polar surface area (TPSA) is 66.5 Å². The number of ketones is 1. The molecule has 1 atom stereocenters. The van der Waals surface area contributed by atoms with Crippen LogP contribution in [0.3, 0.4) is 0 Å². The molecule has 2 aromatic carbocycles. The van der Waals surface area contributed by atoms with Crippen molar-refractivity contribution in [1.29, 1.82) is 0 Å². The smallest absolute Gasteiger partial charge is 0.229 e. The number of halogens is 2. The van der Waals surface area contributed by atoms with Crippen molar-refractivity contribution in [2.45, 2.75) is 13.3 Å². The largest absolute Gasteiger partial charge is 0.324 e. The number of hydrogen-bond acceptors (Lipinski definition) is 3. The molecule has 0 bridgehead atoms. The van der Waals surface area contributed by atoms with Crippen LogP contribution in [-0.4, -0.2) is 24.1 Å². The molecule has 0 aromatic heterocycles. The number of carbonyl (C=O) groups excluding carboxylic acids is 3. The maximum atomic E-state index is 12.5. The van der Waals surface area contributed by atoms with Crippen molar-refractivity contribution in [3.63, 3.8) is 0 Å². The summed E-state index contributed by atoms with van der Waals surface area (Å²) in [6.07, 6.45) is 0.0986. The minimum atomic E-state index is -0.504. The monoisotopic (exact) mass is 390 g/mol. The van der Waals surface area contributed by atoms with E-state index in [0.717, 1.165) is 0 Å². The number of nitrogens with one attached hydrogen (secondary N) is 1. The van der Waals surface area contributed by atoms with Crippen LogP contribution in [0.1, 0.15) is 23.7 Å². The van der Waals surface area contributed by atoms with Gasteiger partial charge in [-0.05, 0) is 37.3 Å². The molecule has 26 heavy (non-hydrogen) atoms. The summed E-state index contributed by atoms with van der Waals surface area (Å²) < 4.78 is 0. The predicted octanol–water partition coefficient (Wildman–Crippen LogP) is 4.19. The first-order valence-corrected chi connectivity index (χ1v) is 8.78. The van der Waals surface area contributed by atoms with Crippen molar-refractivity contribution < 1.29 is 14.4 Å². The van der Waals surface area contributed by atoms with E-state index in [2.05, 4.69) is 5.32 Å². The summed E-state index contributed by atoms with van der Waals surface area (Å²) in [6.45, 7) is 1.72. The van der Waals surface area contributed by atoms with E-state index < -0.39 is 5.92 Å². The van der Waals surface area contributed by atoms with Crippen molar-refractivity contribution >= 4 is 52.2 Å². The van der Waals surface area contributed by atoms with E-state index in [1.165, 1.54) is 17.9 Å². The zero-order chi connectivity index (χ0) is 18.8. The van der Waals surface area contributed by atoms with E-state index in [-0.39, 0.29) is 30.6 Å². The Morgan fingerprint density at radius 2 is 1.92 bits per heavy atom. The van der Waals surface area contributed by atoms with Gasteiger partial charge in [0, 0.05) is 29.2 Å². The summed E-state index contributed by atoms with van der Waals surface area (Å²) in [5, 5.41) is 3.55. The molecule has 0 aliphatic carbocycles. The van der Waals surface area contributed by atoms with Crippen LogP contribution < -0.4 is 10.2 Å². The average Bonchev–Trinajstić information content (AvgIpc) is 2.99. The number of Topliss-reactive ketones (excluding diaryl/α,β-unsaturated/α-hetero) is 1. The molecule has 2 amide bonds. The molecule has 1 aliphatic rings. The van der Waals surface area contributed by atoms with Gasteiger partial charge in [-0.1, -0.05) is 35.3 Å². The van der Waals surface area contributed by atoms with Crippen molar-refractivity contribution in [3.05, 3.63) is 58.1 Å². The van der Waals surface area contributed by atoms with Gasteiger partial charge >= 0.3 is 0 Å². The van der Waals surface area contributed by atoms with Crippen molar-refractivity contribution in [2.75, 3.05) is 16.8 Å². The van der Waals surface area contributed by atoms with E-state index in [1.807, 2.05) is 0 Å². The van der Waals surface area contributed by atoms with Crippen molar-refractivity contribution in [1.82, 2.24) is 0 Å². The Morgan fingerprint density at radius 1 is 1.15 bits per heavy atom. The molecule has 3 rings (SSSR count). The van der Waals surface area contributed by atoms with Gasteiger partial charge in [0.25, 0.3) is 0 Å². The molecule has 1 aliphatic heterocycles.